The number of carbonyl (C=O) groups is 1. The third kappa shape index (κ3) is 7.50. The summed E-state index contributed by atoms with van der Waals surface area (Å²) in [6.45, 7) is -0.129. The predicted octanol–water partition coefficient (Wildman–Crippen LogP) is 0.457. The van der Waals surface area contributed by atoms with Crippen LogP contribution < -0.4 is 0 Å². The Morgan fingerprint density at radius 1 is 0.952 bits per heavy atom. The smallest absolute Gasteiger partial charge is 0.339 e. The Balaban J connectivity index is 2.87. The van der Waals surface area contributed by atoms with Crippen LogP contribution in [0.5, 0.6) is 0 Å². The maximum Gasteiger partial charge on any atom is 0.339 e. The lowest BCUT2D eigenvalue weighted by atomic mass is 10.1. The van der Waals surface area contributed by atoms with Gasteiger partial charge in [-0.25, -0.2) is 4.79 Å². The number of rotatable bonds is 7. The van der Waals surface area contributed by atoms with Crippen LogP contribution in [-0.4, -0.2) is 48.1 Å². The SMILES string of the molecule is O=C(O)c1ccc(CN(CP(=O)(O)O)CP(=O)(O)O)cc1. The number of carboxylic acid groups (broad SMARTS) is 1. The molecule has 0 aliphatic rings. The molecule has 1 rings (SSSR count). The monoisotopic (exact) mass is 339 g/mol. The minimum Gasteiger partial charge on any atom is -0.478 e. The lowest BCUT2D eigenvalue weighted by Crippen LogP contribution is -2.25. The van der Waals surface area contributed by atoms with Crippen molar-refractivity contribution in [2.75, 3.05) is 12.6 Å². The number of benzene rings is 1. The Kier molecular flexibility index (Phi) is 5.83. The molecule has 118 valence electrons. The van der Waals surface area contributed by atoms with Gasteiger partial charge in [0.15, 0.2) is 0 Å². The van der Waals surface area contributed by atoms with Crippen molar-refractivity contribution in [1.82, 2.24) is 4.90 Å². The van der Waals surface area contributed by atoms with Gasteiger partial charge in [0.2, 0.25) is 0 Å². The highest BCUT2D eigenvalue weighted by Crippen LogP contribution is 2.41. The molecular formula is C10H15NO8P2. The summed E-state index contributed by atoms with van der Waals surface area (Å²) >= 11 is 0. The summed E-state index contributed by atoms with van der Waals surface area (Å²) in [4.78, 5) is 47.3. The van der Waals surface area contributed by atoms with Crippen LogP contribution in [0.3, 0.4) is 0 Å². The van der Waals surface area contributed by atoms with Crippen LogP contribution in [0.1, 0.15) is 15.9 Å². The third-order valence-corrected chi connectivity index (χ3v) is 3.91. The molecule has 0 atom stereocenters. The van der Waals surface area contributed by atoms with Crippen molar-refractivity contribution in [2.45, 2.75) is 6.54 Å². The first kappa shape index (κ1) is 18.0. The lowest BCUT2D eigenvalue weighted by molar-refractivity contribution is 0.0696. The minimum absolute atomic E-state index is 0.0373. The molecule has 0 saturated carbocycles. The van der Waals surface area contributed by atoms with Crippen LogP contribution in [-0.2, 0) is 15.7 Å². The molecular weight excluding hydrogens is 324 g/mol. The van der Waals surface area contributed by atoms with Crippen LogP contribution in [0.4, 0.5) is 0 Å². The third-order valence-electron chi connectivity index (χ3n) is 2.38. The summed E-state index contributed by atoms with van der Waals surface area (Å²) < 4.78 is 22.0. The van der Waals surface area contributed by atoms with Crippen LogP contribution in [0.25, 0.3) is 0 Å². The molecule has 21 heavy (non-hydrogen) atoms. The van der Waals surface area contributed by atoms with Crippen molar-refractivity contribution < 1.29 is 38.6 Å². The van der Waals surface area contributed by atoms with E-state index in [0.29, 0.717) is 5.56 Å². The Labute approximate surface area is 120 Å². The van der Waals surface area contributed by atoms with Gasteiger partial charge in [0.25, 0.3) is 0 Å². The van der Waals surface area contributed by atoms with Crippen LogP contribution in [0, 0.1) is 0 Å². The van der Waals surface area contributed by atoms with Crippen molar-refractivity contribution in [2.24, 2.45) is 0 Å². The van der Waals surface area contributed by atoms with E-state index in [4.69, 9.17) is 24.7 Å². The Morgan fingerprint density at radius 3 is 1.71 bits per heavy atom. The Hall–Kier alpha value is -1.05. The molecule has 0 saturated heterocycles. The van der Waals surface area contributed by atoms with E-state index in [-0.39, 0.29) is 12.1 Å². The topological polar surface area (TPSA) is 156 Å². The fourth-order valence-corrected chi connectivity index (χ4v) is 3.28. The molecule has 1 aromatic carbocycles. The van der Waals surface area contributed by atoms with Crippen LogP contribution in [0.15, 0.2) is 24.3 Å². The fourth-order valence-electron chi connectivity index (χ4n) is 1.68. The van der Waals surface area contributed by atoms with Crippen molar-refractivity contribution in [3.05, 3.63) is 35.4 Å². The quantitative estimate of drug-likeness (QED) is 0.445. The highest BCUT2D eigenvalue weighted by atomic mass is 31.2. The standard InChI is InChI=1S/C10H15NO8P2/c12-10(13)9-3-1-8(2-4-9)5-11(6-20(14,15)16)7-21(17,18)19/h1-4H,5-7H2,(H,12,13)(H2,14,15,16)(H2,17,18,19). The molecule has 0 unspecified atom stereocenters. The number of hydrogen-bond acceptors (Lipinski definition) is 4. The zero-order valence-corrected chi connectivity index (χ0v) is 12.5. The van der Waals surface area contributed by atoms with E-state index in [2.05, 4.69) is 0 Å². The number of hydrogen-bond donors (Lipinski definition) is 5. The highest BCUT2D eigenvalue weighted by molar-refractivity contribution is 7.52. The van der Waals surface area contributed by atoms with E-state index in [9.17, 15) is 13.9 Å². The average Bonchev–Trinajstić information content (AvgIpc) is 2.24. The predicted molar refractivity (Wildman–Crippen MR) is 72.8 cm³/mol. The fraction of sp³-hybridized carbons (Fsp3) is 0.300. The second-order valence-corrected chi connectivity index (χ2v) is 7.67. The molecule has 11 heteroatoms. The highest BCUT2D eigenvalue weighted by Gasteiger charge is 2.25. The summed E-state index contributed by atoms with van der Waals surface area (Å²) in [5.41, 5.74) is 0.511. The molecule has 0 aliphatic carbocycles. The van der Waals surface area contributed by atoms with Crippen molar-refractivity contribution in [3.8, 4) is 0 Å². The molecule has 0 aliphatic heterocycles. The van der Waals surface area contributed by atoms with E-state index in [1.807, 2.05) is 0 Å². The second kappa shape index (κ2) is 6.81. The van der Waals surface area contributed by atoms with E-state index in [0.717, 1.165) is 4.90 Å². The van der Waals surface area contributed by atoms with Gasteiger partial charge in [0.1, 0.15) is 12.6 Å². The average molecular weight is 339 g/mol. The van der Waals surface area contributed by atoms with Crippen LogP contribution >= 0.6 is 15.2 Å². The Morgan fingerprint density at radius 2 is 1.38 bits per heavy atom. The van der Waals surface area contributed by atoms with Crippen LogP contribution in [0.2, 0.25) is 0 Å². The molecule has 0 aromatic heterocycles. The zero-order valence-electron chi connectivity index (χ0n) is 10.7. The van der Waals surface area contributed by atoms with E-state index < -0.39 is 33.7 Å². The zero-order chi connectivity index (χ0) is 16.3. The number of nitrogens with zero attached hydrogens (tertiary/aromatic N) is 1. The molecule has 1 aromatic rings. The minimum atomic E-state index is -4.48. The summed E-state index contributed by atoms with van der Waals surface area (Å²) in [6.07, 6.45) is -1.61. The van der Waals surface area contributed by atoms with E-state index in [1.165, 1.54) is 24.3 Å². The molecule has 5 N–H and O–H groups in total. The van der Waals surface area contributed by atoms with Crippen molar-refractivity contribution in [1.29, 1.82) is 0 Å². The van der Waals surface area contributed by atoms with Gasteiger partial charge in [-0.1, -0.05) is 12.1 Å². The maximum atomic E-state index is 11.0. The van der Waals surface area contributed by atoms with Gasteiger partial charge in [-0.05, 0) is 17.7 Å². The van der Waals surface area contributed by atoms with Gasteiger partial charge in [0, 0.05) is 6.54 Å². The molecule has 0 heterocycles. The summed E-state index contributed by atoms with van der Waals surface area (Å²) in [6, 6.07) is 5.42. The van der Waals surface area contributed by atoms with Crippen molar-refractivity contribution in [3.63, 3.8) is 0 Å². The van der Waals surface area contributed by atoms with Gasteiger partial charge in [0.05, 0.1) is 5.56 Å². The first-order chi connectivity index (χ1) is 9.46. The second-order valence-electron chi connectivity index (χ2n) is 4.44. The first-order valence-electron chi connectivity index (χ1n) is 5.60. The van der Waals surface area contributed by atoms with Gasteiger partial charge in [-0.15, -0.1) is 0 Å². The van der Waals surface area contributed by atoms with Gasteiger partial charge in [-0.2, -0.15) is 0 Å². The van der Waals surface area contributed by atoms with Gasteiger partial charge < -0.3 is 24.7 Å². The summed E-state index contributed by atoms with van der Waals surface area (Å²) in [5, 5.41) is 8.75. The molecule has 0 fully saturated rings. The molecule has 0 spiro atoms. The van der Waals surface area contributed by atoms with E-state index >= 15 is 0 Å². The van der Waals surface area contributed by atoms with Crippen molar-refractivity contribution >= 4 is 21.2 Å². The Bertz CT molecular complexity index is 566. The largest absolute Gasteiger partial charge is 0.478 e. The number of carboxylic acids is 1. The summed E-state index contributed by atoms with van der Waals surface area (Å²) in [5.74, 6) is -1.12. The molecule has 0 amide bonds. The first-order valence-corrected chi connectivity index (χ1v) is 9.19. The molecule has 0 radical (unpaired) electrons. The van der Waals surface area contributed by atoms with Gasteiger partial charge in [-0.3, -0.25) is 14.0 Å². The lowest BCUT2D eigenvalue weighted by Gasteiger charge is -2.23. The van der Waals surface area contributed by atoms with Gasteiger partial charge >= 0.3 is 21.2 Å². The molecule has 0 bridgehead atoms. The maximum absolute atomic E-state index is 11.0. The molecule has 9 nitrogen and oxygen atoms in total. The number of aromatic carboxylic acids is 1. The normalized spacial score (nSPS) is 12.6. The summed E-state index contributed by atoms with van der Waals surface area (Å²) in [7, 11) is -8.96. The van der Waals surface area contributed by atoms with E-state index in [1.54, 1.807) is 0 Å².